The molecule has 0 aliphatic rings. The van der Waals surface area contributed by atoms with Crippen molar-refractivity contribution in [1.29, 1.82) is 0 Å². The van der Waals surface area contributed by atoms with Crippen molar-refractivity contribution in [2.75, 3.05) is 10.6 Å². The summed E-state index contributed by atoms with van der Waals surface area (Å²) in [4.78, 5) is 11.4. The van der Waals surface area contributed by atoms with Crippen LogP contribution in [0.15, 0.2) is 59.5 Å². The molecule has 0 spiro atoms. The zero-order valence-corrected chi connectivity index (χ0v) is 11.1. The van der Waals surface area contributed by atoms with E-state index in [1.54, 1.807) is 24.3 Å². The van der Waals surface area contributed by atoms with Gasteiger partial charge in [-0.25, -0.2) is 4.79 Å². The van der Waals surface area contributed by atoms with Crippen LogP contribution in [0.5, 0.6) is 0 Å². The largest absolute Gasteiger partial charge is 0.323 e. The molecule has 0 heterocycles. The number of carbonyl (C=O) groups is 1. The first-order valence-electron chi connectivity index (χ1n) is 5.66. The van der Waals surface area contributed by atoms with E-state index in [-0.39, 0.29) is 10.6 Å². The molecule has 0 radical (unpaired) electrons. The fourth-order valence-electron chi connectivity index (χ4n) is 1.55. The van der Waals surface area contributed by atoms with Crippen molar-refractivity contribution in [3.8, 4) is 0 Å². The minimum Gasteiger partial charge on any atom is -0.308 e. The van der Waals surface area contributed by atoms with Crippen LogP contribution in [0.25, 0.3) is 0 Å². The summed E-state index contributed by atoms with van der Waals surface area (Å²) in [6.45, 7) is 0. The number of nitrogens with one attached hydrogen (secondary N) is 2. The zero-order valence-electron chi connectivity index (χ0n) is 10.3. The summed E-state index contributed by atoms with van der Waals surface area (Å²) in [5.74, 6) is 0. The quantitative estimate of drug-likeness (QED) is 0.758. The lowest BCUT2D eigenvalue weighted by molar-refractivity contribution is 0.262. The molecule has 2 rings (SSSR count). The van der Waals surface area contributed by atoms with Crippen molar-refractivity contribution >= 4 is 27.5 Å². The lowest BCUT2D eigenvalue weighted by atomic mass is 10.3. The smallest absolute Gasteiger partial charge is 0.308 e. The van der Waals surface area contributed by atoms with Gasteiger partial charge in [-0.2, -0.15) is 8.42 Å². The molecule has 104 valence electrons. The number of para-hydroxylation sites is 1. The number of hydrogen-bond acceptors (Lipinski definition) is 3. The fourth-order valence-corrected chi connectivity index (χ4v) is 2.08. The molecule has 0 fully saturated rings. The highest BCUT2D eigenvalue weighted by atomic mass is 32.2. The van der Waals surface area contributed by atoms with Crippen molar-refractivity contribution in [2.24, 2.45) is 0 Å². The molecule has 2 amide bonds. The van der Waals surface area contributed by atoms with E-state index in [9.17, 15) is 13.2 Å². The van der Waals surface area contributed by atoms with Gasteiger partial charge in [0.2, 0.25) is 0 Å². The summed E-state index contributed by atoms with van der Waals surface area (Å²) in [5.41, 5.74) is 0.865. The molecule has 6 nitrogen and oxygen atoms in total. The first-order valence-corrected chi connectivity index (χ1v) is 7.10. The molecule has 7 heteroatoms. The van der Waals surface area contributed by atoms with Gasteiger partial charge >= 0.3 is 6.03 Å². The molecular formula is C13H12N2O4S. The summed E-state index contributed by atoms with van der Waals surface area (Å²) < 4.78 is 30.9. The number of urea groups is 1. The minimum atomic E-state index is -4.29. The molecule has 0 unspecified atom stereocenters. The van der Waals surface area contributed by atoms with Crippen molar-refractivity contribution in [1.82, 2.24) is 0 Å². The number of amides is 2. The Labute approximate surface area is 116 Å². The van der Waals surface area contributed by atoms with Crippen LogP contribution >= 0.6 is 0 Å². The maximum absolute atomic E-state index is 11.7. The Morgan fingerprint density at radius 3 is 2.15 bits per heavy atom. The second kappa shape index (κ2) is 5.72. The van der Waals surface area contributed by atoms with Gasteiger partial charge in [-0.15, -0.1) is 0 Å². The Balaban J connectivity index is 2.09. The molecule has 0 aliphatic carbocycles. The van der Waals surface area contributed by atoms with Gasteiger partial charge in [-0.1, -0.05) is 24.3 Å². The van der Waals surface area contributed by atoms with Crippen LogP contribution in [0.1, 0.15) is 0 Å². The van der Waals surface area contributed by atoms with Gasteiger partial charge in [-0.05, 0) is 30.3 Å². The number of anilines is 2. The summed E-state index contributed by atoms with van der Waals surface area (Å²) in [6.07, 6.45) is 0. The first kappa shape index (κ1) is 14.0. The molecule has 2 aromatic carbocycles. The molecule has 2 aromatic rings. The third kappa shape index (κ3) is 3.81. The molecule has 0 aliphatic heterocycles. The second-order valence-corrected chi connectivity index (χ2v) is 5.37. The van der Waals surface area contributed by atoms with Crippen molar-refractivity contribution in [3.05, 3.63) is 54.6 Å². The van der Waals surface area contributed by atoms with Crippen molar-refractivity contribution < 1.29 is 17.8 Å². The van der Waals surface area contributed by atoms with E-state index >= 15 is 0 Å². The highest BCUT2D eigenvalue weighted by molar-refractivity contribution is 7.85. The van der Waals surface area contributed by atoms with Gasteiger partial charge in [0.25, 0.3) is 10.1 Å². The standard InChI is InChI=1S/C13H12N2O4S/c16-13(14-10-5-2-1-3-6-10)15-11-7-4-8-12(9-11)20(17,18)19/h1-9H,(H2,14,15,16)(H,17,18,19). The number of benzene rings is 2. The van der Waals surface area contributed by atoms with Crippen LogP contribution in [0.4, 0.5) is 16.2 Å². The Morgan fingerprint density at radius 2 is 1.50 bits per heavy atom. The number of hydrogen-bond donors (Lipinski definition) is 3. The van der Waals surface area contributed by atoms with E-state index in [1.165, 1.54) is 24.3 Å². The number of rotatable bonds is 3. The highest BCUT2D eigenvalue weighted by Gasteiger charge is 2.10. The lowest BCUT2D eigenvalue weighted by Gasteiger charge is -2.08. The van der Waals surface area contributed by atoms with Crippen LogP contribution < -0.4 is 10.6 Å². The van der Waals surface area contributed by atoms with Crippen molar-refractivity contribution in [3.63, 3.8) is 0 Å². The van der Waals surface area contributed by atoms with E-state index in [1.807, 2.05) is 6.07 Å². The third-order valence-corrected chi connectivity index (χ3v) is 3.27. The molecule has 0 bridgehead atoms. The van der Waals surface area contributed by atoms with Crippen molar-refractivity contribution in [2.45, 2.75) is 4.90 Å². The van der Waals surface area contributed by atoms with Gasteiger partial charge in [-0.3, -0.25) is 4.55 Å². The van der Waals surface area contributed by atoms with Gasteiger partial charge < -0.3 is 10.6 Å². The minimum absolute atomic E-state index is 0.258. The van der Waals surface area contributed by atoms with Crippen LogP contribution in [0.2, 0.25) is 0 Å². The van der Waals surface area contributed by atoms with Crippen LogP contribution in [0.3, 0.4) is 0 Å². The molecule has 0 atom stereocenters. The SMILES string of the molecule is O=C(Nc1ccccc1)Nc1cccc(S(=O)(=O)O)c1. The Kier molecular flexibility index (Phi) is 4.02. The normalized spacial score (nSPS) is 10.8. The van der Waals surface area contributed by atoms with Gasteiger partial charge in [0.05, 0.1) is 4.90 Å². The predicted molar refractivity (Wildman–Crippen MR) is 75.3 cm³/mol. The van der Waals surface area contributed by atoms with Gasteiger partial charge in [0.1, 0.15) is 0 Å². The molecular weight excluding hydrogens is 280 g/mol. The molecule has 0 saturated heterocycles. The van der Waals surface area contributed by atoms with E-state index in [0.29, 0.717) is 5.69 Å². The number of carbonyl (C=O) groups excluding carboxylic acids is 1. The lowest BCUT2D eigenvalue weighted by Crippen LogP contribution is -2.19. The monoisotopic (exact) mass is 292 g/mol. The Hall–Kier alpha value is -2.38. The third-order valence-electron chi connectivity index (χ3n) is 2.42. The average molecular weight is 292 g/mol. The maximum Gasteiger partial charge on any atom is 0.323 e. The molecule has 3 N–H and O–H groups in total. The fraction of sp³-hybridized carbons (Fsp3) is 0. The Morgan fingerprint density at radius 1 is 0.900 bits per heavy atom. The van der Waals surface area contributed by atoms with Crippen LogP contribution in [-0.2, 0) is 10.1 Å². The Bertz CT molecular complexity index is 714. The summed E-state index contributed by atoms with van der Waals surface area (Å²) >= 11 is 0. The maximum atomic E-state index is 11.7. The summed E-state index contributed by atoms with van der Waals surface area (Å²) in [5, 5.41) is 5.06. The van der Waals surface area contributed by atoms with Crippen LogP contribution in [-0.4, -0.2) is 19.0 Å². The average Bonchev–Trinajstić information content (AvgIpc) is 2.39. The van der Waals surface area contributed by atoms with E-state index < -0.39 is 16.1 Å². The van der Waals surface area contributed by atoms with Gasteiger partial charge in [0, 0.05) is 11.4 Å². The zero-order chi connectivity index (χ0) is 14.6. The van der Waals surface area contributed by atoms with E-state index in [0.717, 1.165) is 0 Å². The predicted octanol–water partition coefficient (Wildman–Crippen LogP) is 2.58. The molecule has 0 saturated carbocycles. The van der Waals surface area contributed by atoms with Crippen LogP contribution in [0, 0.1) is 0 Å². The van der Waals surface area contributed by atoms with Gasteiger partial charge in [0.15, 0.2) is 0 Å². The van der Waals surface area contributed by atoms with E-state index in [2.05, 4.69) is 10.6 Å². The highest BCUT2D eigenvalue weighted by Crippen LogP contribution is 2.15. The topological polar surface area (TPSA) is 95.5 Å². The molecule has 0 aromatic heterocycles. The molecule has 20 heavy (non-hydrogen) atoms. The first-order chi connectivity index (χ1) is 9.45. The summed E-state index contributed by atoms with van der Waals surface area (Å²) in [7, 11) is -4.29. The van der Waals surface area contributed by atoms with E-state index in [4.69, 9.17) is 4.55 Å². The summed E-state index contributed by atoms with van der Waals surface area (Å²) in [6, 6.07) is 13.6. The second-order valence-electron chi connectivity index (χ2n) is 3.95.